The minimum atomic E-state index is 0.273. The van der Waals surface area contributed by atoms with Crippen molar-refractivity contribution in [2.75, 3.05) is 32.7 Å². The van der Waals surface area contributed by atoms with Crippen molar-refractivity contribution in [2.45, 2.75) is 38.6 Å². The maximum atomic E-state index is 6.05. The van der Waals surface area contributed by atoms with Gasteiger partial charge in [0.05, 0.1) is 0 Å². The van der Waals surface area contributed by atoms with Gasteiger partial charge in [-0.1, -0.05) is 26.2 Å². The van der Waals surface area contributed by atoms with Gasteiger partial charge in [0.15, 0.2) is 0 Å². The Morgan fingerprint density at radius 3 is 2.13 bits per heavy atom. The van der Waals surface area contributed by atoms with Gasteiger partial charge < -0.3 is 17.2 Å². The van der Waals surface area contributed by atoms with E-state index in [9.17, 15) is 0 Å². The van der Waals surface area contributed by atoms with Crippen LogP contribution in [-0.2, 0) is 0 Å². The van der Waals surface area contributed by atoms with Crippen LogP contribution in [0.2, 0.25) is 0 Å². The average molecular weight is 216 g/mol. The quantitative estimate of drug-likeness (QED) is 0.453. The summed E-state index contributed by atoms with van der Waals surface area (Å²) in [6.45, 7) is 6.31. The van der Waals surface area contributed by atoms with E-state index in [1.165, 1.54) is 19.3 Å². The number of hydrogen-bond donors (Lipinski definition) is 3. The van der Waals surface area contributed by atoms with Gasteiger partial charge in [-0.3, -0.25) is 4.90 Å². The first kappa shape index (κ1) is 14.8. The highest BCUT2D eigenvalue weighted by atomic mass is 15.1. The maximum Gasteiger partial charge on any atom is 0.0167 e. The lowest BCUT2D eigenvalue weighted by Gasteiger charge is -2.24. The molecule has 0 aromatic carbocycles. The van der Waals surface area contributed by atoms with Gasteiger partial charge in [-0.05, 0) is 6.42 Å². The summed E-state index contributed by atoms with van der Waals surface area (Å²) in [7, 11) is 0. The second-order valence-corrected chi connectivity index (χ2v) is 4.13. The van der Waals surface area contributed by atoms with Gasteiger partial charge in [0, 0.05) is 38.8 Å². The number of unbranched alkanes of at least 4 members (excludes halogenated alkanes) is 2. The summed E-state index contributed by atoms with van der Waals surface area (Å²) >= 11 is 0. The first-order chi connectivity index (χ1) is 7.24. The van der Waals surface area contributed by atoms with Crippen molar-refractivity contribution in [1.29, 1.82) is 0 Å². The third kappa shape index (κ3) is 8.81. The molecule has 0 radical (unpaired) electrons. The van der Waals surface area contributed by atoms with Crippen LogP contribution in [0.4, 0.5) is 0 Å². The number of nitrogens with zero attached hydrogens (tertiary/aromatic N) is 1. The Labute approximate surface area is 94.2 Å². The zero-order valence-electron chi connectivity index (χ0n) is 10.1. The maximum absolute atomic E-state index is 6.05. The third-order valence-corrected chi connectivity index (χ3v) is 2.56. The summed E-state index contributed by atoms with van der Waals surface area (Å²) in [4.78, 5) is 2.26. The Morgan fingerprint density at radius 2 is 1.67 bits per heavy atom. The molecule has 0 heterocycles. The minimum Gasteiger partial charge on any atom is -0.329 e. The summed E-state index contributed by atoms with van der Waals surface area (Å²) in [5, 5.41) is 0. The van der Waals surface area contributed by atoms with Crippen LogP contribution in [0.1, 0.15) is 32.6 Å². The van der Waals surface area contributed by atoms with Crippen molar-refractivity contribution in [3.63, 3.8) is 0 Å². The minimum absolute atomic E-state index is 0.273. The monoisotopic (exact) mass is 216 g/mol. The van der Waals surface area contributed by atoms with E-state index in [0.717, 1.165) is 26.1 Å². The first-order valence-electron chi connectivity index (χ1n) is 6.12. The van der Waals surface area contributed by atoms with Crippen LogP contribution in [-0.4, -0.2) is 43.7 Å². The Kier molecular flexibility index (Phi) is 10.3. The van der Waals surface area contributed by atoms with Crippen LogP contribution in [0.5, 0.6) is 0 Å². The van der Waals surface area contributed by atoms with Crippen LogP contribution in [0.3, 0.4) is 0 Å². The van der Waals surface area contributed by atoms with Crippen LogP contribution >= 0.6 is 0 Å². The highest BCUT2D eigenvalue weighted by molar-refractivity contribution is 4.69. The summed E-state index contributed by atoms with van der Waals surface area (Å²) < 4.78 is 0. The molecule has 0 aliphatic heterocycles. The standard InChI is InChI=1S/C11H28N4/c1-2-3-4-5-11(14)10-15(8-6-12)9-7-13/h11H,2-10,12-14H2,1H3. The smallest absolute Gasteiger partial charge is 0.0167 e. The molecule has 0 aromatic rings. The molecule has 1 atom stereocenters. The lowest BCUT2D eigenvalue weighted by Crippen LogP contribution is -2.42. The molecular formula is C11H28N4. The molecule has 6 N–H and O–H groups in total. The Hall–Kier alpha value is -0.160. The highest BCUT2D eigenvalue weighted by Crippen LogP contribution is 2.03. The van der Waals surface area contributed by atoms with Crippen LogP contribution < -0.4 is 17.2 Å². The molecule has 0 amide bonds. The molecule has 0 saturated heterocycles. The Balaban J connectivity index is 3.62. The van der Waals surface area contributed by atoms with E-state index in [4.69, 9.17) is 17.2 Å². The number of hydrogen-bond acceptors (Lipinski definition) is 4. The van der Waals surface area contributed by atoms with Crippen molar-refractivity contribution < 1.29 is 0 Å². The fourth-order valence-electron chi connectivity index (χ4n) is 1.74. The average Bonchev–Trinajstić information content (AvgIpc) is 2.19. The second-order valence-electron chi connectivity index (χ2n) is 4.13. The van der Waals surface area contributed by atoms with E-state index in [2.05, 4.69) is 11.8 Å². The molecule has 15 heavy (non-hydrogen) atoms. The lowest BCUT2D eigenvalue weighted by molar-refractivity contribution is 0.264. The van der Waals surface area contributed by atoms with Gasteiger partial charge in [-0.2, -0.15) is 0 Å². The van der Waals surface area contributed by atoms with Crippen LogP contribution in [0.15, 0.2) is 0 Å². The molecule has 0 aliphatic carbocycles. The Bertz CT molecular complexity index is 124. The molecule has 0 saturated carbocycles. The molecule has 1 unspecified atom stereocenters. The predicted molar refractivity (Wildman–Crippen MR) is 66.7 cm³/mol. The van der Waals surface area contributed by atoms with Gasteiger partial charge in [-0.25, -0.2) is 0 Å². The topological polar surface area (TPSA) is 81.3 Å². The zero-order valence-corrected chi connectivity index (χ0v) is 10.1. The molecule has 0 fully saturated rings. The van der Waals surface area contributed by atoms with Gasteiger partial charge in [0.1, 0.15) is 0 Å². The Morgan fingerprint density at radius 1 is 1.07 bits per heavy atom. The van der Waals surface area contributed by atoms with Crippen molar-refractivity contribution in [1.82, 2.24) is 4.90 Å². The van der Waals surface area contributed by atoms with Crippen molar-refractivity contribution in [2.24, 2.45) is 17.2 Å². The fourth-order valence-corrected chi connectivity index (χ4v) is 1.74. The molecule has 4 nitrogen and oxygen atoms in total. The van der Waals surface area contributed by atoms with Crippen molar-refractivity contribution in [3.8, 4) is 0 Å². The molecule has 0 aromatic heterocycles. The normalized spacial score (nSPS) is 13.4. The van der Waals surface area contributed by atoms with Crippen molar-refractivity contribution >= 4 is 0 Å². The van der Waals surface area contributed by atoms with Crippen LogP contribution in [0.25, 0.3) is 0 Å². The predicted octanol–water partition coefficient (Wildman–Crippen LogP) is 0.113. The molecular weight excluding hydrogens is 188 g/mol. The van der Waals surface area contributed by atoms with Gasteiger partial charge in [0.25, 0.3) is 0 Å². The van der Waals surface area contributed by atoms with E-state index < -0.39 is 0 Å². The second kappa shape index (κ2) is 10.4. The molecule has 0 bridgehead atoms. The van der Waals surface area contributed by atoms with Crippen LogP contribution in [0, 0.1) is 0 Å². The number of rotatable bonds is 10. The van der Waals surface area contributed by atoms with Crippen molar-refractivity contribution in [3.05, 3.63) is 0 Å². The van der Waals surface area contributed by atoms with Gasteiger partial charge in [-0.15, -0.1) is 0 Å². The first-order valence-corrected chi connectivity index (χ1v) is 6.12. The van der Waals surface area contributed by atoms with E-state index in [1.54, 1.807) is 0 Å². The molecule has 0 aliphatic rings. The summed E-state index contributed by atoms with van der Waals surface area (Å²) in [5.41, 5.74) is 17.1. The summed E-state index contributed by atoms with van der Waals surface area (Å²) in [6.07, 6.45) is 4.87. The molecule has 4 heteroatoms. The number of nitrogens with two attached hydrogens (primary N) is 3. The molecule has 92 valence electrons. The molecule has 0 spiro atoms. The molecule has 0 rings (SSSR count). The summed E-state index contributed by atoms with van der Waals surface area (Å²) in [6, 6.07) is 0.273. The summed E-state index contributed by atoms with van der Waals surface area (Å²) in [5.74, 6) is 0. The van der Waals surface area contributed by atoms with E-state index >= 15 is 0 Å². The van der Waals surface area contributed by atoms with E-state index in [0.29, 0.717) is 13.1 Å². The highest BCUT2D eigenvalue weighted by Gasteiger charge is 2.08. The third-order valence-electron chi connectivity index (χ3n) is 2.56. The van der Waals surface area contributed by atoms with Gasteiger partial charge in [0.2, 0.25) is 0 Å². The SMILES string of the molecule is CCCCCC(N)CN(CCN)CCN. The fraction of sp³-hybridized carbons (Fsp3) is 1.00. The zero-order chi connectivity index (χ0) is 11.5. The van der Waals surface area contributed by atoms with Gasteiger partial charge >= 0.3 is 0 Å². The lowest BCUT2D eigenvalue weighted by atomic mass is 10.1. The largest absolute Gasteiger partial charge is 0.329 e. The van der Waals surface area contributed by atoms with E-state index in [1.807, 2.05) is 0 Å². The van der Waals surface area contributed by atoms with E-state index in [-0.39, 0.29) is 6.04 Å².